The third-order valence-electron chi connectivity index (χ3n) is 3.05. The van der Waals surface area contributed by atoms with Crippen LogP contribution < -0.4 is 10.1 Å². The molecule has 0 unspecified atom stereocenters. The van der Waals surface area contributed by atoms with Gasteiger partial charge in [0.1, 0.15) is 17.4 Å². The average molecular weight is 288 g/mol. The fraction of sp³-hybridized carbons (Fsp3) is 0.188. The fourth-order valence-electron chi connectivity index (χ4n) is 2.00. The third kappa shape index (κ3) is 3.77. The summed E-state index contributed by atoms with van der Waals surface area (Å²) in [6.45, 7) is 0.568. The third-order valence-corrected chi connectivity index (χ3v) is 3.05. The van der Waals surface area contributed by atoms with Crippen molar-refractivity contribution in [2.24, 2.45) is 0 Å². The molecule has 0 saturated heterocycles. The van der Waals surface area contributed by atoms with Crippen molar-refractivity contribution in [2.75, 3.05) is 7.11 Å². The number of nitriles is 1. The second-order valence-electron chi connectivity index (χ2n) is 4.48. The van der Waals surface area contributed by atoms with Crippen molar-refractivity contribution in [3.8, 4) is 11.8 Å². The summed E-state index contributed by atoms with van der Waals surface area (Å²) >= 11 is 0. The number of hydrogen-bond donors (Lipinski definition) is 1. The lowest BCUT2D eigenvalue weighted by atomic mass is 10.1. The maximum Gasteiger partial charge on any atom is 0.127 e. The van der Waals surface area contributed by atoms with E-state index in [0.29, 0.717) is 17.9 Å². The van der Waals surface area contributed by atoms with Crippen LogP contribution in [-0.2, 0) is 13.1 Å². The summed E-state index contributed by atoms with van der Waals surface area (Å²) in [5.41, 5.74) is 1.56. The highest BCUT2D eigenvalue weighted by Gasteiger charge is 2.06. The molecule has 0 heterocycles. The molecule has 1 N–H and O–H groups in total. The molecule has 108 valence electrons. The number of benzene rings is 2. The minimum Gasteiger partial charge on any atom is -0.496 e. The van der Waals surface area contributed by atoms with Crippen LogP contribution in [0, 0.1) is 23.0 Å². The van der Waals surface area contributed by atoms with E-state index in [2.05, 4.69) is 11.4 Å². The maximum atomic E-state index is 13.5. The van der Waals surface area contributed by atoms with E-state index in [1.165, 1.54) is 7.11 Å². The van der Waals surface area contributed by atoms with Crippen LogP contribution in [0.15, 0.2) is 36.4 Å². The molecule has 0 saturated carbocycles. The van der Waals surface area contributed by atoms with E-state index in [0.717, 1.165) is 23.8 Å². The predicted octanol–water partition coefficient (Wildman–Crippen LogP) is 3.13. The van der Waals surface area contributed by atoms with Crippen molar-refractivity contribution in [3.05, 3.63) is 64.7 Å². The van der Waals surface area contributed by atoms with E-state index < -0.39 is 11.6 Å². The van der Waals surface area contributed by atoms with Crippen LogP contribution >= 0.6 is 0 Å². The summed E-state index contributed by atoms with van der Waals surface area (Å²) in [5, 5.41) is 11.9. The van der Waals surface area contributed by atoms with Crippen molar-refractivity contribution in [2.45, 2.75) is 13.1 Å². The monoisotopic (exact) mass is 288 g/mol. The lowest BCUT2D eigenvalue weighted by Crippen LogP contribution is -2.14. The van der Waals surface area contributed by atoms with E-state index in [1.54, 1.807) is 18.2 Å². The Labute approximate surface area is 121 Å². The summed E-state index contributed by atoms with van der Waals surface area (Å²) in [6.07, 6.45) is 0. The smallest absolute Gasteiger partial charge is 0.127 e. The van der Waals surface area contributed by atoms with Gasteiger partial charge in [-0.05, 0) is 36.4 Å². The Hall–Kier alpha value is -2.45. The lowest BCUT2D eigenvalue weighted by molar-refractivity contribution is 0.407. The molecule has 2 rings (SSSR count). The molecule has 21 heavy (non-hydrogen) atoms. The highest BCUT2D eigenvalue weighted by Crippen LogP contribution is 2.19. The minimum absolute atomic E-state index is 0.184. The Morgan fingerprint density at radius 2 is 1.86 bits per heavy atom. The van der Waals surface area contributed by atoms with Crippen LogP contribution in [-0.4, -0.2) is 7.11 Å². The fourth-order valence-corrected chi connectivity index (χ4v) is 2.00. The van der Waals surface area contributed by atoms with Gasteiger partial charge in [-0.1, -0.05) is 0 Å². The largest absolute Gasteiger partial charge is 0.496 e. The van der Waals surface area contributed by atoms with Gasteiger partial charge in [0.05, 0.1) is 18.7 Å². The second-order valence-corrected chi connectivity index (χ2v) is 4.48. The molecule has 0 aromatic heterocycles. The summed E-state index contributed by atoms with van der Waals surface area (Å²) in [5.74, 6) is -0.292. The Balaban J connectivity index is 2.06. The zero-order valence-corrected chi connectivity index (χ0v) is 11.5. The van der Waals surface area contributed by atoms with Crippen molar-refractivity contribution in [1.29, 1.82) is 5.26 Å². The molecule has 2 aromatic carbocycles. The van der Waals surface area contributed by atoms with Gasteiger partial charge in [-0.15, -0.1) is 0 Å². The molecular weight excluding hydrogens is 274 g/mol. The maximum absolute atomic E-state index is 13.5. The van der Waals surface area contributed by atoms with E-state index in [-0.39, 0.29) is 12.1 Å². The molecule has 0 fully saturated rings. The van der Waals surface area contributed by atoms with Gasteiger partial charge in [0.15, 0.2) is 0 Å². The van der Waals surface area contributed by atoms with Crippen molar-refractivity contribution in [1.82, 2.24) is 5.32 Å². The minimum atomic E-state index is -0.475. The van der Waals surface area contributed by atoms with E-state index in [9.17, 15) is 8.78 Å². The number of ether oxygens (including phenoxy) is 1. The molecule has 2 aromatic rings. The van der Waals surface area contributed by atoms with Gasteiger partial charge in [0, 0.05) is 24.2 Å². The Morgan fingerprint density at radius 3 is 2.57 bits per heavy atom. The first-order valence-electron chi connectivity index (χ1n) is 6.35. The van der Waals surface area contributed by atoms with Gasteiger partial charge in [-0.3, -0.25) is 0 Å². The van der Waals surface area contributed by atoms with Gasteiger partial charge in [-0.25, -0.2) is 8.78 Å². The average Bonchev–Trinajstić information content (AvgIpc) is 2.50. The number of halogens is 2. The summed E-state index contributed by atoms with van der Waals surface area (Å²) in [4.78, 5) is 0. The van der Waals surface area contributed by atoms with Crippen molar-refractivity contribution < 1.29 is 13.5 Å². The number of nitrogens with one attached hydrogen (secondary N) is 1. The summed E-state index contributed by atoms with van der Waals surface area (Å²) in [7, 11) is 1.54. The van der Waals surface area contributed by atoms with Crippen molar-refractivity contribution in [3.63, 3.8) is 0 Å². The first kappa shape index (κ1) is 14.9. The molecule has 0 spiro atoms. The molecule has 0 aliphatic rings. The molecule has 3 nitrogen and oxygen atoms in total. The van der Waals surface area contributed by atoms with Crippen LogP contribution in [0.2, 0.25) is 0 Å². The van der Waals surface area contributed by atoms with Crippen LogP contribution in [0.25, 0.3) is 0 Å². The zero-order chi connectivity index (χ0) is 15.2. The van der Waals surface area contributed by atoms with Gasteiger partial charge >= 0.3 is 0 Å². The molecule has 0 bridgehead atoms. The van der Waals surface area contributed by atoms with Gasteiger partial charge < -0.3 is 10.1 Å². The van der Waals surface area contributed by atoms with Crippen LogP contribution in [0.1, 0.15) is 16.7 Å². The van der Waals surface area contributed by atoms with Gasteiger partial charge in [-0.2, -0.15) is 5.26 Å². The lowest BCUT2D eigenvalue weighted by Gasteiger charge is -2.10. The summed E-state index contributed by atoms with van der Waals surface area (Å²) in [6, 6.07) is 10.5. The molecule has 0 radical (unpaired) electrons. The zero-order valence-electron chi connectivity index (χ0n) is 11.5. The Morgan fingerprint density at radius 1 is 1.10 bits per heavy atom. The SMILES string of the molecule is COc1ccc(C#N)cc1CNCc1cc(F)ccc1F. The van der Waals surface area contributed by atoms with Crippen molar-refractivity contribution >= 4 is 0 Å². The number of methoxy groups -OCH3 is 1. The highest BCUT2D eigenvalue weighted by atomic mass is 19.1. The van der Waals surface area contributed by atoms with Gasteiger partial charge in [0.25, 0.3) is 0 Å². The highest BCUT2D eigenvalue weighted by molar-refractivity contribution is 5.42. The first-order chi connectivity index (χ1) is 10.1. The Bertz CT molecular complexity index is 680. The topological polar surface area (TPSA) is 45.0 Å². The molecular formula is C16H14F2N2O. The Kier molecular flexibility index (Phi) is 4.85. The van der Waals surface area contributed by atoms with E-state index >= 15 is 0 Å². The normalized spacial score (nSPS) is 10.2. The second kappa shape index (κ2) is 6.82. The molecule has 0 atom stereocenters. The molecule has 0 amide bonds. The van der Waals surface area contributed by atoms with Crippen LogP contribution in [0.3, 0.4) is 0 Å². The number of hydrogen-bond acceptors (Lipinski definition) is 3. The molecule has 5 heteroatoms. The first-order valence-corrected chi connectivity index (χ1v) is 6.35. The van der Waals surface area contributed by atoms with Crippen LogP contribution in [0.5, 0.6) is 5.75 Å². The standard InChI is InChI=1S/C16H14F2N2O/c1-21-16-5-2-11(8-19)6-13(16)10-20-9-12-7-14(17)3-4-15(12)18/h2-7,20H,9-10H2,1H3. The van der Waals surface area contributed by atoms with E-state index in [4.69, 9.17) is 10.00 Å². The quantitative estimate of drug-likeness (QED) is 0.919. The van der Waals surface area contributed by atoms with E-state index in [1.807, 2.05) is 0 Å². The predicted molar refractivity (Wildman–Crippen MR) is 74.6 cm³/mol. The van der Waals surface area contributed by atoms with Crippen LogP contribution in [0.4, 0.5) is 8.78 Å². The number of rotatable bonds is 5. The molecule has 0 aliphatic carbocycles. The molecule has 0 aliphatic heterocycles. The summed E-state index contributed by atoms with van der Waals surface area (Å²) < 4.78 is 31.8. The number of nitrogens with zero attached hydrogens (tertiary/aromatic N) is 1. The van der Waals surface area contributed by atoms with Gasteiger partial charge in [0.2, 0.25) is 0 Å².